The number of aliphatic hydroxyl groups is 1. The summed E-state index contributed by atoms with van der Waals surface area (Å²) in [7, 11) is 0. The minimum absolute atomic E-state index is 0.0319. The fourth-order valence-corrected chi connectivity index (χ4v) is 2.51. The van der Waals surface area contributed by atoms with Crippen LogP contribution >= 0.6 is 11.8 Å². The number of nitrogens with one attached hydrogen (secondary N) is 1. The van der Waals surface area contributed by atoms with Gasteiger partial charge in [0.2, 0.25) is 0 Å². The van der Waals surface area contributed by atoms with Crippen molar-refractivity contribution in [2.24, 2.45) is 0 Å². The first-order valence-corrected chi connectivity index (χ1v) is 6.69. The SMILES string of the molecule is C[C@H](O)c1ccc(Sc2nc(N)cc(=O)[nH]2)c([N+](=O)[O-])c1. The Bertz CT molecular complexity index is 744. The second-order valence-corrected chi connectivity index (χ2v) is 5.27. The molecule has 2 rings (SSSR count). The molecule has 0 unspecified atom stereocenters. The second-order valence-electron chi connectivity index (χ2n) is 4.24. The van der Waals surface area contributed by atoms with E-state index in [2.05, 4.69) is 9.97 Å². The van der Waals surface area contributed by atoms with Crippen LogP contribution in [0.5, 0.6) is 0 Å². The monoisotopic (exact) mass is 308 g/mol. The highest BCUT2D eigenvalue weighted by Gasteiger charge is 2.18. The number of hydrogen-bond acceptors (Lipinski definition) is 7. The highest BCUT2D eigenvalue weighted by molar-refractivity contribution is 7.99. The normalized spacial score (nSPS) is 12.1. The van der Waals surface area contributed by atoms with Gasteiger partial charge in [-0.2, -0.15) is 0 Å². The van der Waals surface area contributed by atoms with Gasteiger partial charge in [0, 0.05) is 12.1 Å². The van der Waals surface area contributed by atoms with Crippen LogP contribution in [0, 0.1) is 10.1 Å². The molecule has 0 bridgehead atoms. The van der Waals surface area contributed by atoms with Crippen LogP contribution in [-0.4, -0.2) is 20.0 Å². The van der Waals surface area contributed by atoms with Crippen LogP contribution < -0.4 is 11.3 Å². The quantitative estimate of drug-likeness (QED) is 0.442. The molecule has 4 N–H and O–H groups in total. The van der Waals surface area contributed by atoms with Crippen LogP contribution in [-0.2, 0) is 0 Å². The molecule has 0 aliphatic rings. The summed E-state index contributed by atoms with van der Waals surface area (Å²) >= 11 is 0.921. The molecule has 1 aromatic carbocycles. The molecule has 0 fully saturated rings. The zero-order valence-corrected chi connectivity index (χ0v) is 11.8. The number of nitrogens with zero attached hydrogens (tertiary/aromatic N) is 2. The Morgan fingerprint density at radius 3 is 2.76 bits per heavy atom. The summed E-state index contributed by atoms with van der Waals surface area (Å²) in [6.45, 7) is 1.52. The van der Waals surface area contributed by atoms with Gasteiger partial charge in [-0.15, -0.1) is 0 Å². The van der Waals surface area contributed by atoms with Crippen LogP contribution in [0.25, 0.3) is 0 Å². The van der Waals surface area contributed by atoms with Gasteiger partial charge in [0.05, 0.1) is 15.9 Å². The third kappa shape index (κ3) is 3.58. The number of hydrogen-bond donors (Lipinski definition) is 3. The Morgan fingerprint density at radius 1 is 1.48 bits per heavy atom. The number of rotatable bonds is 4. The Morgan fingerprint density at radius 2 is 2.19 bits per heavy atom. The summed E-state index contributed by atoms with van der Waals surface area (Å²) in [6, 6.07) is 5.48. The van der Waals surface area contributed by atoms with Crippen LogP contribution in [0.4, 0.5) is 11.5 Å². The molecule has 9 heteroatoms. The standard InChI is InChI=1S/C12H12N4O4S/c1-6(17)7-2-3-9(8(4-7)16(19)20)21-12-14-10(13)5-11(18)15-12/h2-6,17H,1H3,(H3,13,14,15,18)/t6-/m0/s1. The Hall–Kier alpha value is -2.39. The van der Waals surface area contributed by atoms with Gasteiger partial charge >= 0.3 is 0 Å². The average molecular weight is 308 g/mol. The van der Waals surface area contributed by atoms with Crippen molar-refractivity contribution in [2.75, 3.05) is 5.73 Å². The molecule has 110 valence electrons. The molecule has 0 aliphatic heterocycles. The van der Waals surface area contributed by atoms with Gasteiger partial charge in [-0.25, -0.2) is 4.98 Å². The number of aliphatic hydroxyl groups excluding tert-OH is 1. The summed E-state index contributed by atoms with van der Waals surface area (Å²) in [5.74, 6) is 0.0319. The third-order valence-electron chi connectivity index (χ3n) is 2.61. The summed E-state index contributed by atoms with van der Waals surface area (Å²) in [4.78, 5) is 28.5. The Balaban J connectivity index is 2.43. The van der Waals surface area contributed by atoms with Gasteiger partial charge in [0.15, 0.2) is 5.16 Å². The van der Waals surface area contributed by atoms with E-state index < -0.39 is 16.6 Å². The number of benzene rings is 1. The molecule has 1 atom stereocenters. The topological polar surface area (TPSA) is 135 Å². The van der Waals surface area contributed by atoms with E-state index >= 15 is 0 Å². The number of aromatic nitrogens is 2. The van der Waals surface area contributed by atoms with Crippen molar-refractivity contribution in [1.82, 2.24) is 9.97 Å². The van der Waals surface area contributed by atoms with E-state index in [1.807, 2.05) is 0 Å². The van der Waals surface area contributed by atoms with Crippen molar-refractivity contribution in [3.8, 4) is 0 Å². The maximum Gasteiger partial charge on any atom is 0.283 e. The molecule has 0 saturated heterocycles. The number of nitro groups is 1. The van der Waals surface area contributed by atoms with Crippen LogP contribution in [0.15, 0.2) is 39.1 Å². The van der Waals surface area contributed by atoms with Gasteiger partial charge in [0.1, 0.15) is 5.82 Å². The lowest BCUT2D eigenvalue weighted by Crippen LogP contribution is -2.09. The summed E-state index contributed by atoms with van der Waals surface area (Å²) in [5, 5.41) is 20.8. The Kier molecular flexibility index (Phi) is 4.24. The van der Waals surface area contributed by atoms with Gasteiger partial charge < -0.3 is 15.8 Å². The van der Waals surface area contributed by atoms with Gasteiger partial charge in [-0.05, 0) is 30.3 Å². The largest absolute Gasteiger partial charge is 0.389 e. The number of H-pyrrole nitrogens is 1. The maximum atomic E-state index is 11.3. The van der Waals surface area contributed by atoms with Crippen molar-refractivity contribution in [2.45, 2.75) is 23.1 Å². The lowest BCUT2D eigenvalue weighted by molar-refractivity contribution is -0.387. The first-order valence-electron chi connectivity index (χ1n) is 5.88. The summed E-state index contributed by atoms with van der Waals surface area (Å²) in [5.41, 5.74) is 5.28. The summed E-state index contributed by atoms with van der Waals surface area (Å²) in [6.07, 6.45) is -0.812. The lowest BCUT2D eigenvalue weighted by Gasteiger charge is -2.07. The van der Waals surface area contributed by atoms with E-state index in [1.54, 1.807) is 6.07 Å². The molecule has 0 aliphatic carbocycles. The smallest absolute Gasteiger partial charge is 0.283 e. The van der Waals surface area contributed by atoms with E-state index in [4.69, 9.17) is 5.73 Å². The number of nitrogens with two attached hydrogens (primary N) is 1. The predicted octanol–water partition coefficient (Wildman–Crippen LogP) is 1.46. The molecule has 1 heterocycles. The second kappa shape index (κ2) is 5.94. The zero-order valence-electron chi connectivity index (χ0n) is 10.9. The number of aromatic amines is 1. The minimum atomic E-state index is -0.812. The molecule has 0 amide bonds. The molecule has 21 heavy (non-hydrogen) atoms. The first-order chi connectivity index (χ1) is 9.86. The van der Waals surface area contributed by atoms with E-state index in [9.17, 15) is 20.0 Å². The van der Waals surface area contributed by atoms with Crippen molar-refractivity contribution in [3.05, 3.63) is 50.3 Å². The van der Waals surface area contributed by atoms with Crippen molar-refractivity contribution in [3.63, 3.8) is 0 Å². The van der Waals surface area contributed by atoms with Gasteiger partial charge in [-0.3, -0.25) is 14.9 Å². The van der Waals surface area contributed by atoms with Crippen LogP contribution in [0.3, 0.4) is 0 Å². The highest BCUT2D eigenvalue weighted by Crippen LogP contribution is 2.34. The highest BCUT2D eigenvalue weighted by atomic mass is 32.2. The number of anilines is 1. The van der Waals surface area contributed by atoms with Gasteiger partial charge in [-0.1, -0.05) is 6.07 Å². The fraction of sp³-hybridized carbons (Fsp3) is 0.167. The minimum Gasteiger partial charge on any atom is -0.389 e. The molecule has 0 radical (unpaired) electrons. The molecule has 8 nitrogen and oxygen atoms in total. The van der Waals surface area contributed by atoms with Crippen molar-refractivity contribution in [1.29, 1.82) is 0 Å². The molecule has 0 saturated carbocycles. The fourth-order valence-electron chi connectivity index (χ4n) is 1.63. The first kappa shape index (κ1) is 15.0. The molecular weight excluding hydrogens is 296 g/mol. The predicted molar refractivity (Wildman–Crippen MR) is 77.1 cm³/mol. The van der Waals surface area contributed by atoms with E-state index in [-0.39, 0.29) is 21.6 Å². The van der Waals surface area contributed by atoms with Crippen LogP contribution in [0.1, 0.15) is 18.6 Å². The zero-order chi connectivity index (χ0) is 15.6. The van der Waals surface area contributed by atoms with E-state index in [0.29, 0.717) is 5.56 Å². The average Bonchev–Trinajstić information content (AvgIpc) is 2.37. The van der Waals surface area contributed by atoms with Crippen molar-refractivity contribution >= 4 is 23.3 Å². The molecule has 2 aromatic rings. The Labute approximate surface area is 123 Å². The molecular formula is C12H12N4O4S. The van der Waals surface area contributed by atoms with Crippen LogP contribution in [0.2, 0.25) is 0 Å². The molecule has 1 aromatic heterocycles. The van der Waals surface area contributed by atoms with E-state index in [0.717, 1.165) is 17.8 Å². The molecule has 0 spiro atoms. The van der Waals surface area contributed by atoms with Gasteiger partial charge in [0.25, 0.3) is 11.2 Å². The number of nitrogen functional groups attached to an aromatic ring is 1. The van der Waals surface area contributed by atoms with Crippen molar-refractivity contribution < 1.29 is 10.0 Å². The summed E-state index contributed by atoms with van der Waals surface area (Å²) < 4.78 is 0. The lowest BCUT2D eigenvalue weighted by atomic mass is 10.1. The van der Waals surface area contributed by atoms with E-state index in [1.165, 1.54) is 19.1 Å². The maximum absolute atomic E-state index is 11.3. The number of nitro benzene ring substituents is 1. The third-order valence-corrected chi connectivity index (χ3v) is 3.56.